The van der Waals surface area contributed by atoms with E-state index in [1.165, 1.54) is 0 Å². The quantitative estimate of drug-likeness (QED) is 0.738. The van der Waals surface area contributed by atoms with Gasteiger partial charge in [-0.2, -0.15) is 0 Å². The zero-order valence-corrected chi connectivity index (χ0v) is 10.6. The second-order valence-corrected chi connectivity index (χ2v) is 7.43. The molecule has 2 N–H and O–H groups in total. The van der Waals surface area contributed by atoms with Crippen molar-refractivity contribution in [3.8, 4) is 0 Å². The van der Waals surface area contributed by atoms with Crippen molar-refractivity contribution in [2.75, 3.05) is 24.6 Å². The molecular weight excluding hydrogens is 242 g/mol. The van der Waals surface area contributed by atoms with E-state index >= 15 is 0 Å². The molecule has 2 saturated heterocycles. The van der Waals surface area contributed by atoms with Crippen molar-refractivity contribution in [2.45, 2.75) is 19.3 Å². The fourth-order valence-corrected chi connectivity index (χ4v) is 4.82. The molecular formula is C11H19NO4S. The third kappa shape index (κ3) is 3.19. The fraction of sp³-hybridized carbons (Fsp3) is 0.909. The highest BCUT2D eigenvalue weighted by atomic mass is 32.2. The van der Waals surface area contributed by atoms with Crippen LogP contribution in [-0.4, -0.2) is 44.1 Å². The Labute approximate surface area is 102 Å². The Bertz CT molecular complexity index is 392. The van der Waals surface area contributed by atoms with Crippen molar-refractivity contribution < 1.29 is 18.3 Å². The van der Waals surface area contributed by atoms with Crippen LogP contribution in [-0.2, 0) is 14.6 Å². The van der Waals surface area contributed by atoms with Gasteiger partial charge in [0.2, 0.25) is 0 Å². The monoisotopic (exact) mass is 261 g/mol. The third-order valence-electron chi connectivity index (χ3n) is 3.90. The molecule has 2 aliphatic heterocycles. The maximum absolute atomic E-state index is 11.6. The second-order valence-electron chi connectivity index (χ2n) is 5.21. The molecule has 2 fully saturated rings. The summed E-state index contributed by atoms with van der Waals surface area (Å²) in [5, 5.41) is 12.1. The van der Waals surface area contributed by atoms with Gasteiger partial charge in [0.15, 0.2) is 9.84 Å². The molecule has 3 unspecified atom stereocenters. The lowest BCUT2D eigenvalue weighted by Crippen LogP contribution is -2.44. The number of carbonyl (C=O) groups is 1. The zero-order valence-electron chi connectivity index (χ0n) is 9.76. The van der Waals surface area contributed by atoms with Crippen molar-refractivity contribution in [2.24, 2.45) is 17.8 Å². The lowest BCUT2D eigenvalue weighted by Gasteiger charge is -2.35. The summed E-state index contributed by atoms with van der Waals surface area (Å²) in [6.45, 7) is 1.26. The first-order valence-corrected chi connectivity index (χ1v) is 7.94. The minimum absolute atomic E-state index is 0.142. The number of piperidine rings is 1. The maximum Gasteiger partial charge on any atom is 0.307 e. The number of rotatable bonds is 2. The summed E-state index contributed by atoms with van der Waals surface area (Å²) in [4.78, 5) is 11.0. The number of nitrogens with one attached hydrogen (secondary N) is 1. The molecule has 2 heterocycles. The summed E-state index contributed by atoms with van der Waals surface area (Å²) >= 11 is 0. The van der Waals surface area contributed by atoms with Crippen LogP contribution in [0.2, 0.25) is 0 Å². The Hall–Kier alpha value is -0.620. The van der Waals surface area contributed by atoms with E-state index < -0.39 is 15.8 Å². The summed E-state index contributed by atoms with van der Waals surface area (Å²) < 4.78 is 23.2. The van der Waals surface area contributed by atoms with Crippen LogP contribution >= 0.6 is 0 Å². The van der Waals surface area contributed by atoms with Crippen LogP contribution in [0, 0.1) is 17.8 Å². The minimum Gasteiger partial charge on any atom is -0.481 e. The van der Waals surface area contributed by atoms with Crippen LogP contribution in [0.25, 0.3) is 0 Å². The van der Waals surface area contributed by atoms with E-state index in [2.05, 4.69) is 5.32 Å². The van der Waals surface area contributed by atoms with E-state index in [1.807, 2.05) is 0 Å². The first-order chi connectivity index (χ1) is 7.98. The minimum atomic E-state index is -2.89. The largest absolute Gasteiger partial charge is 0.481 e. The van der Waals surface area contributed by atoms with Crippen LogP contribution in [0.4, 0.5) is 0 Å². The van der Waals surface area contributed by atoms with Gasteiger partial charge in [0.1, 0.15) is 0 Å². The van der Waals surface area contributed by atoms with Crippen LogP contribution in [0.15, 0.2) is 0 Å². The van der Waals surface area contributed by atoms with Gasteiger partial charge in [0.25, 0.3) is 0 Å². The van der Waals surface area contributed by atoms with Crippen LogP contribution in [0.3, 0.4) is 0 Å². The van der Waals surface area contributed by atoms with E-state index in [9.17, 15) is 13.2 Å². The molecule has 0 aromatic heterocycles. The Morgan fingerprint density at radius 2 is 2.00 bits per heavy atom. The number of aliphatic carboxylic acids is 1. The van der Waals surface area contributed by atoms with Crippen LogP contribution in [0.1, 0.15) is 19.3 Å². The number of hydrogen-bond donors (Lipinski definition) is 2. The van der Waals surface area contributed by atoms with Crippen LogP contribution in [0.5, 0.6) is 0 Å². The molecule has 3 atom stereocenters. The molecule has 0 aliphatic carbocycles. The van der Waals surface area contributed by atoms with Gasteiger partial charge in [-0.25, -0.2) is 8.42 Å². The highest BCUT2D eigenvalue weighted by Crippen LogP contribution is 2.31. The SMILES string of the molecule is O=C(O)C1CNCC(C2CCCS(=O)(=O)C2)C1. The average Bonchev–Trinajstić information content (AvgIpc) is 2.28. The molecule has 0 spiro atoms. The van der Waals surface area contributed by atoms with Gasteiger partial charge in [-0.15, -0.1) is 0 Å². The van der Waals surface area contributed by atoms with Gasteiger partial charge >= 0.3 is 5.97 Å². The van der Waals surface area contributed by atoms with Crippen molar-refractivity contribution >= 4 is 15.8 Å². The average molecular weight is 261 g/mol. The summed E-state index contributed by atoms with van der Waals surface area (Å²) in [6.07, 6.45) is 2.25. The normalized spacial score (nSPS) is 37.5. The molecule has 0 aromatic rings. The molecule has 0 bridgehead atoms. The van der Waals surface area contributed by atoms with Gasteiger partial charge < -0.3 is 10.4 Å². The van der Waals surface area contributed by atoms with Crippen molar-refractivity contribution in [3.63, 3.8) is 0 Å². The maximum atomic E-state index is 11.6. The smallest absolute Gasteiger partial charge is 0.307 e. The lowest BCUT2D eigenvalue weighted by molar-refractivity contribution is -0.143. The highest BCUT2D eigenvalue weighted by Gasteiger charge is 2.35. The van der Waals surface area contributed by atoms with Crippen LogP contribution < -0.4 is 5.32 Å². The Morgan fingerprint density at radius 3 is 2.65 bits per heavy atom. The van der Waals surface area contributed by atoms with Gasteiger partial charge in [-0.1, -0.05) is 0 Å². The lowest BCUT2D eigenvalue weighted by atomic mass is 9.80. The second kappa shape index (κ2) is 4.94. The van der Waals surface area contributed by atoms with Crippen molar-refractivity contribution in [1.29, 1.82) is 0 Å². The number of hydrogen-bond acceptors (Lipinski definition) is 4. The first-order valence-electron chi connectivity index (χ1n) is 6.12. The van der Waals surface area contributed by atoms with Gasteiger partial charge in [0, 0.05) is 6.54 Å². The molecule has 98 valence electrons. The van der Waals surface area contributed by atoms with Gasteiger partial charge in [-0.3, -0.25) is 4.79 Å². The van der Waals surface area contributed by atoms with Gasteiger partial charge in [0.05, 0.1) is 17.4 Å². The Morgan fingerprint density at radius 1 is 1.24 bits per heavy atom. The fourth-order valence-electron chi connectivity index (χ4n) is 2.95. The van der Waals surface area contributed by atoms with Crippen molar-refractivity contribution in [3.05, 3.63) is 0 Å². The summed E-state index contributed by atoms with van der Waals surface area (Å²) in [7, 11) is -2.89. The molecule has 2 rings (SSSR count). The molecule has 0 aromatic carbocycles. The summed E-state index contributed by atoms with van der Waals surface area (Å²) in [6, 6.07) is 0. The molecule has 0 amide bonds. The number of carboxylic acid groups (broad SMARTS) is 1. The van der Waals surface area contributed by atoms with E-state index in [0.29, 0.717) is 18.7 Å². The molecule has 6 heteroatoms. The number of carboxylic acids is 1. The van der Waals surface area contributed by atoms with E-state index in [-0.39, 0.29) is 23.5 Å². The number of sulfone groups is 1. The zero-order chi connectivity index (χ0) is 12.5. The summed E-state index contributed by atoms with van der Waals surface area (Å²) in [5.74, 6) is -0.264. The van der Waals surface area contributed by atoms with E-state index in [0.717, 1.165) is 19.4 Å². The molecule has 5 nitrogen and oxygen atoms in total. The van der Waals surface area contributed by atoms with E-state index in [1.54, 1.807) is 0 Å². The standard InChI is InChI=1S/C11H19NO4S/c13-11(14)10-4-9(5-12-6-10)8-2-1-3-17(15,16)7-8/h8-10,12H,1-7H2,(H,13,14). The predicted molar refractivity (Wildman–Crippen MR) is 63.5 cm³/mol. The molecule has 17 heavy (non-hydrogen) atoms. The summed E-state index contributed by atoms with van der Waals surface area (Å²) in [5.41, 5.74) is 0. The molecule has 2 aliphatic rings. The molecule has 0 saturated carbocycles. The molecule has 0 radical (unpaired) electrons. The highest BCUT2D eigenvalue weighted by molar-refractivity contribution is 7.91. The van der Waals surface area contributed by atoms with E-state index in [4.69, 9.17) is 5.11 Å². The third-order valence-corrected chi connectivity index (χ3v) is 5.75. The topological polar surface area (TPSA) is 83.5 Å². The Balaban J connectivity index is 1.99. The predicted octanol–water partition coefficient (Wildman–Crippen LogP) is 0.122. The van der Waals surface area contributed by atoms with Gasteiger partial charge in [-0.05, 0) is 37.6 Å². The first kappa shape index (κ1) is 12.8. The van der Waals surface area contributed by atoms with Crippen molar-refractivity contribution in [1.82, 2.24) is 5.32 Å². The Kier molecular flexibility index (Phi) is 3.73.